The number of amides is 1. The summed E-state index contributed by atoms with van der Waals surface area (Å²) in [5, 5.41) is 6.92. The first kappa shape index (κ1) is 13.0. The van der Waals surface area contributed by atoms with E-state index in [1.807, 2.05) is 18.2 Å². The molecule has 92 valence electrons. The predicted molar refractivity (Wildman–Crippen MR) is 78.4 cm³/mol. The van der Waals surface area contributed by atoms with Crippen LogP contribution < -0.4 is 10.6 Å². The van der Waals surface area contributed by atoms with Crippen LogP contribution in [0.1, 0.15) is 19.3 Å². The van der Waals surface area contributed by atoms with Crippen molar-refractivity contribution in [2.75, 3.05) is 11.9 Å². The molecule has 17 heavy (non-hydrogen) atoms. The Morgan fingerprint density at radius 3 is 3.00 bits per heavy atom. The van der Waals surface area contributed by atoms with Crippen LogP contribution in [0.2, 0.25) is 5.02 Å². The minimum Gasteiger partial charge on any atom is -0.373 e. The Hall–Kier alpha value is -0.490. The predicted octanol–water partition coefficient (Wildman–Crippen LogP) is 3.03. The van der Waals surface area contributed by atoms with E-state index in [1.54, 1.807) is 0 Å². The van der Waals surface area contributed by atoms with E-state index >= 15 is 0 Å². The molecule has 0 aliphatic carbocycles. The van der Waals surface area contributed by atoms with Crippen molar-refractivity contribution in [3.63, 3.8) is 0 Å². The topological polar surface area (TPSA) is 41.1 Å². The fraction of sp³-hybridized carbons (Fsp3) is 0.417. The summed E-state index contributed by atoms with van der Waals surface area (Å²) < 4.78 is 1.03. The van der Waals surface area contributed by atoms with Gasteiger partial charge in [0.25, 0.3) is 0 Å². The molecule has 1 fully saturated rings. The zero-order valence-corrected chi connectivity index (χ0v) is 12.2. The van der Waals surface area contributed by atoms with Gasteiger partial charge < -0.3 is 10.6 Å². The van der Waals surface area contributed by atoms with E-state index in [-0.39, 0.29) is 11.9 Å². The third-order valence-electron chi connectivity index (χ3n) is 2.80. The van der Waals surface area contributed by atoms with Crippen LogP contribution in [0.25, 0.3) is 0 Å². The second-order valence-electron chi connectivity index (χ2n) is 4.11. The molecule has 0 aromatic heterocycles. The van der Waals surface area contributed by atoms with E-state index in [0.29, 0.717) is 5.02 Å². The van der Waals surface area contributed by atoms with Crippen LogP contribution in [-0.2, 0) is 4.79 Å². The lowest BCUT2D eigenvalue weighted by Crippen LogP contribution is -2.38. The second kappa shape index (κ2) is 5.91. The van der Waals surface area contributed by atoms with Crippen LogP contribution in [0.5, 0.6) is 0 Å². The molecule has 1 amide bonds. The molecule has 1 aliphatic heterocycles. The van der Waals surface area contributed by atoms with Crippen LogP contribution in [0.4, 0.5) is 5.69 Å². The van der Waals surface area contributed by atoms with Gasteiger partial charge in [0.05, 0.1) is 0 Å². The Balaban J connectivity index is 2.10. The van der Waals surface area contributed by atoms with E-state index < -0.39 is 0 Å². The summed E-state index contributed by atoms with van der Waals surface area (Å²) in [6.07, 6.45) is 3.01. The van der Waals surface area contributed by atoms with Gasteiger partial charge in [-0.2, -0.15) is 0 Å². The largest absolute Gasteiger partial charge is 0.373 e. The Morgan fingerprint density at radius 1 is 1.41 bits per heavy atom. The molecule has 2 rings (SSSR count). The molecule has 0 spiro atoms. The van der Waals surface area contributed by atoms with Crippen molar-refractivity contribution in [2.24, 2.45) is 0 Å². The number of halogens is 2. The molecule has 1 aromatic carbocycles. The number of carbonyl (C=O) groups excluding carboxylic acids is 1. The van der Waals surface area contributed by atoms with Gasteiger partial charge in [-0.1, -0.05) is 11.6 Å². The molecule has 1 atom stereocenters. The van der Waals surface area contributed by atoms with Gasteiger partial charge in [-0.05, 0) is 60.1 Å². The average Bonchev–Trinajstić information content (AvgIpc) is 2.48. The van der Waals surface area contributed by atoms with Crippen molar-refractivity contribution in [1.82, 2.24) is 5.32 Å². The SMILES string of the molecule is O=C1NCCCCC1Nc1ccc(Cl)cc1I. The highest BCUT2D eigenvalue weighted by atomic mass is 127. The quantitative estimate of drug-likeness (QED) is 0.792. The Morgan fingerprint density at radius 2 is 2.24 bits per heavy atom. The van der Waals surface area contributed by atoms with Crippen molar-refractivity contribution < 1.29 is 4.79 Å². The smallest absolute Gasteiger partial charge is 0.242 e. The molecule has 1 saturated heterocycles. The van der Waals surface area contributed by atoms with Gasteiger partial charge in [0, 0.05) is 20.8 Å². The normalized spacial score (nSPS) is 20.6. The standard InChI is InChI=1S/C12H14ClIN2O/c13-8-4-5-10(9(14)7-8)16-11-3-1-2-6-15-12(11)17/h4-5,7,11,16H,1-3,6H2,(H,15,17). The highest BCUT2D eigenvalue weighted by Crippen LogP contribution is 2.24. The fourth-order valence-corrected chi connectivity index (χ4v) is 2.90. The summed E-state index contributed by atoms with van der Waals surface area (Å²) in [4.78, 5) is 11.8. The first-order chi connectivity index (χ1) is 8.16. The molecule has 0 saturated carbocycles. The van der Waals surface area contributed by atoms with Crippen LogP contribution >= 0.6 is 34.2 Å². The van der Waals surface area contributed by atoms with Crippen molar-refractivity contribution in [3.05, 3.63) is 26.8 Å². The molecule has 1 heterocycles. The summed E-state index contributed by atoms with van der Waals surface area (Å²) in [5.41, 5.74) is 0.969. The summed E-state index contributed by atoms with van der Waals surface area (Å²) in [5.74, 6) is 0.0910. The molecule has 5 heteroatoms. The van der Waals surface area contributed by atoms with E-state index in [9.17, 15) is 4.79 Å². The van der Waals surface area contributed by atoms with Crippen molar-refractivity contribution >= 4 is 45.8 Å². The Labute approximate surface area is 119 Å². The van der Waals surface area contributed by atoms with Gasteiger partial charge in [0.2, 0.25) is 5.91 Å². The van der Waals surface area contributed by atoms with E-state index in [0.717, 1.165) is 35.1 Å². The number of hydrogen-bond donors (Lipinski definition) is 2. The number of anilines is 1. The van der Waals surface area contributed by atoms with Crippen molar-refractivity contribution in [3.8, 4) is 0 Å². The third-order valence-corrected chi connectivity index (χ3v) is 3.92. The zero-order chi connectivity index (χ0) is 12.3. The minimum absolute atomic E-state index is 0.0910. The highest BCUT2D eigenvalue weighted by Gasteiger charge is 2.20. The number of nitrogens with one attached hydrogen (secondary N) is 2. The highest BCUT2D eigenvalue weighted by molar-refractivity contribution is 14.1. The van der Waals surface area contributed by atoms with Crippen molar-refractivity contribution in [1.29, 1.82) is 0 Å². The van der Waals surface area contributed by atoms with Crippen LogP contribution in [0.3, 0.4) is 0 Å². The maximum atomic E-state index is 11.8. The maximum Gasteiger partial charge on any atom is 0.242 e. The lowest BCUT2D eigenvalue weighted by Gasteiger charge is -2.17. The summed E-state index contributed by atoms with van der Waals surface area (Å²) in [6, 6.07) is 5.51. The second-order valence-corrected chi connectivity index (χ2v) is 5.71. The zero-order valence-electron chi connectivity index (χ0n) is 9.30. The Bertz CT molecular complexity index is 425. The van der Waals surface area contributed by atoms with Gasteiger partial charge in [-0.3, -0.25) is 4.79 Å². The number of benzene rings is 1. The molecule has 0 bridgehead atoms. The Kier molecular flexibility index (Phi) is 4.50. The molecule has 1 aromatic rings. The molecule has 2 N–H and O–H groups in total. The third kappa shape index (κ3) is 3.48. The molecular weight excluding hydrogens is 351 g/mol. The molecule has 1 unspecified atom stereocenters. The van der Waals surface area contributed by atoms with Gasteiger partial charge in [-0.25, -0.2) is 0 Å². The number of carbonyl (C=O) groups is 1. The molecule has 1 aliphatic rings. The van der Waals surface area contributed by atoms with E-state index in [1.165, 1.54) is 0 Å². The number of rotatable bonds is 2. The van der Waals surface area contributed by atoms with Gasteiger partial charge in [0.1, 0.15) is 6.04 Å². The molecule has 0 radical (unpaired) electrons. The minimum atomic E-state index is -0.132. The first-order valence-electron chi connectivity index (χ1n) is 5.66. The van der Waals surface area contributed by atoms with Gasteiger partial charge in [0.15, 0.2) is 0 Å². The van der Waals surface area contributed by atoms with Gasteiger partial charge in [-0.15, -0.1) is 0 Å². The van der Waals surface area contributed by atoms with E-state index in [2.05, 4.69) is 33.2 Å². The van der Waals surface area contributed by atoms with Crippen LogP contribution in [0, 0.1) is 3.57 Å². The lowest BCUT2D eigenvalue weighted by atomic mass is 10.1. The van der Waals surface area contributed by atoms with Crippen LogP contribution in [0.15, 0.2) is 18.2 Å². The maximum absolute atomic E-state index is 11.8. The van der Waals surface area contributed by atoms with E-state index in [4.69, 9.17) is 11.6 Å². The van der Waals surface area contributed by atoms with Crippen LogP contribution in [-0.4, -0.2) is 18.5 Å². The fourth-order valence-electron chi connectivity index (χ4n) is 1.87. The lowest BCUT2D eigenvalue weighted by molar-refractivity contribution is -0.121. The average molecular weight is 365 g/mol. The summed E-state index contributed by atoms with van der Waals surface area (Å²) >= 11 is 8.12. The van der Waals surface area contributed by atoms with Crippen molar-refractivity contribution in [2.45, 2.75) is 25.3 Å². The summed E-state index contributed by atoms with van der Waals surface area (Å²) in [6.45, 7) is 0.786. The van der Waals surface area contributed by atoms with Gasteiger partial charge >= 0.3 is 0 Å². The first-order valence-corrected chi connectivity index (χ1v) is 7.12. The molecule has 3 nitrogen and oxygen atoms in total. The monoisotopic (exact) mass is 364 g/mol. The number of hydrogen-bond acceptors (Lipinski definition) is 2. The summed E-state index contributed by atoms with van der Waals surface area (Å²) in [7, 11) is 0. The molecular formula is C12H14ClIN2O.